The molecule has 12 heavy (non-hydrogen) atoms. The molecule has 70 valence electrons. The SMILES string of the molecule is CCCC1OC(CN)=C(CN)O1. The third kappa shape index (κ3) is 1.89. The molecule has 0 amide bonds. The second kappa shape index (κ2) is 4.33. The molecule has 1 aliphatic heterocycles. The predicted octanol–water partition coefficient (Wildman–Crippen LogP) is 0.288. The van der Waals surface area contributed by atoms with Crippen LogP contribution in [-0.2, 0) is 9.47 Å². The first kappa shape index (κ1) is 9.35. The number of ether oxygens (including phenoxy) is 2. The van der Waals surface area contributed by atoms with E-state index in [0.717, 1.165) is 12.8 Å². The van der Waals surface area contributed by atoms with E-state index in [1.165, 1.54) is 0 Å². The van der Waals surface area contributed by atoms with Gasteiger partial charge in [0, 0.05) is 6.42 Å². The highest BCUT2D eigenvalue weighted by Crippen LogP contribution is 2.22. The van der Waals surface area contributed by atoms with Gasteiger partial charge in [-0.05, 0) is 6.42 Å². The van der Waals surface area contributed by atoms with Gasteiger partial charge in [0.1, 0.15) is 0 Å². The van der Waals surface area contributed by atoms with Gasteiger partial charge in [-0.25, -0.2) is 0 Å². The molecule has 0 unspecified atom stereocenters. The molecule has 4 heteroatoms. The van der Waals surface area contributed by atoms with Gasteiger partial charge in [0.15, 0.2) is 11.5 Å². The van der Waals surface area contributed by atoms with Gasteiger partial charge in [-0.1, -0.05) is 6.92 Å². The molecule has 0 saturated carbocycles. The molecule has 0 aliphatic carbocycles. The molecule has 4 nitrogen and oxygen atoms in total. The van der Waals surface area contributed by atoms with Gasteiger partial charge >= 0.3 is 0 Å². The average molecular weight is 172 g/mol. The molecule has 1 rings (SSSR count). The van der Waals surface area contributed by atoms with Crippen LogP contribution in [0.2, 0.25) is 0 Å². The zero-order chi connectivity index (χ0) is 8.97. The van der Waals surface area contributed by atoms with Gasteiger partial charge in [0.2, 0.25) is 6.29 Å². The molecule has 0 fully saturated rings. The van der Waals surface area contributed by atoms with Crippen molar-refractivity contribution >= 4 is 0 Å². The smallest absolute Gasteiger partial charge is 0.240 e. The Morgan fingerprint density at radius 3 is 2.00 bits per heavy atom. The molecule has 1 heterocycles. The highest BCUT2D eigenvalue weighted by Gasteiger charge is 2.23. The first-order valence-electron chi connectivity index (χ1n) is 4.27. The van der Waals surface area contributed by atoms with Crippen LogP contribution in [0.15, 0.2) is 11.5 Å². The Labute approximate surface area is 72.5 Å². The minimum absolute atomic E-state index is 0.160. The fraction of sp³-hybridized carbons (Fsp3) is 0.750. The number of hydrogen-bond donors (Lipinski definition) is 2. The first-order chi connectivity index (χ1) is 5.81. The van der Waals surface area contributed by atoms with Gasteiger partial charge in [-0.3, -0.25) is 0 Å². The molecule has 0 spiro atoms. The van der Waals surface area contributed by atoms with Crippen LogP contribution >= 0.6 is 0 Å². The average Bonchev–Trinajstić information content (AvgIpc) is 2.48. The molecule has 0 radical (unpaired) electrons. The standard InChI is InChI=1S/C8H16N2O2/c1-2-3-8-11-6(4-9)7(5-10)12-8/h8H,2-5,9-10H2,1H3. The molecule has 0 aromatic rings. The number of rotatable bonds is 4. The quantitative estimate of drug-likeness (QED) is 0.639. The third-order valence-electron chi connectivity index (χ3n) is 1.75. The molecule has 4 N–H and O–H groups in total. The summed E-state index contributed by atoms with van der Waals surface area (Å²) in [5, 5.41) is 0. The van der Waals surface area contributed by atoms with Crippen LogP contribution < -0.4 is 11.5 Å². The summed E-state index contributed by atoms with van der Waals surface area (Å²) in [6, 6.07) is 0. The molecule has 0 bridgehead atoms. The Kier molecular flexibility index (Phi) is 3.37. The van der Waals surface area contributed by atoms with Crippen LogP contribution in [0.4, 0.5) is 0 Å². The molecule has 0 aromatic heterocycles. The summed E-state index contributed by atoms with van der Waals surface area (Å²) in [4.78, 5) is 0. The molecule has 1 aliphatic rings. The van der Waals surface area contributed by atoms with Crippen molar-refractivity contribution in [2.75, 3.05) is 13.1 Å². The zero-order valence-corrected chi connectivity index (χ0v) is 7.38. The molecule has 0 atom stereocenters. The Hall–Kier alpha value is -0.740. The summed E-state index contributed by atoms with van der Waals surface area (Å²) in [5.41, 5.74) is 10.9. The van der Waals surface area contributed by atoms with Crippen LogP contribution in [0.5, 0.6) is 0 Å². The van der Waals surface area contributed by atoms with E-state index < -0.39 is 0 Å². The maximum atomic E-state index is 5.44. The Morgan fingerprint density at radius 1 is 1.17 bits per heavy atom. The Balaban J connectivity index is 2.47. The van der Waals surface area contributed by atoms with Crippen molar-refractivity contribution in [3.05, 3.63) is 11.5 Å². The monoisotopic (exact) mass is 172 g/mol. The minimum atomic E-state index is -0.160. The van der Waals surface area contributed by atoms with Gasteiger partial charge in [-0.2, -0.15) is 0 Å². The van der Waals surface area contributed by atoms with E-state index in [2.05, 4.69) is 6.92 Å². The van der Waals surface area contributed by atoms with Crippen molar-refractivity contribution in [2.24, 2.45) is 11.5 Å². The van der Waals surface area contributed by atoms with Crippen molar-refractivity contribution in [3.63, 3.8) is 0 Å². The van der Waals surface area contributed by atoms with Crippen LogP contribution in [0, 0.1) is 0 Å². The second-order valence-electron chi connectivity index (χ2n) is 2.71. The van der Waals surface area contributed by atoms with Crippen molar-refractivity contribution in [2.45, 2.75) is 26.1 Å². The van der Waals surface area contributed by atoms with Crippen molar-refractivity contribution in [3.8, 4) is 0 Å². The number of hydrogen-bond acceptors (Lipinski definition) is 4. The lowest BCUT2D eigenvalue weighted by atomic mass is 10.3. The van der Waals surface area contributed by atoms with Crippen molar-refractivity contribution in [1.29, 1.82) is 0 Å². The lowest BCUT2D eigenvalue weighted by Crippen LogP contribution is -2.11. The largest absolute Gasteiger partial charge is 0.454 e. The van der Waals surface area contributed by atoms with E-state index >= 15 is 0 Å². The van der Waals surface area contributed by atoms with Crippen molar-refractivity contribution < 1.29 is 9.47 Å². The molecule has 0 aromatic carbocycles. The summed E-state index contributed by atoms with van der Waals surface area (Å²) in [6.07, 6.45) is 1.75. The minimum Gasteiger partial charge on any atom is -0.454 e. The van der Waals surface area contributed by atoms with E-state index in [4.69, 9.17) is 20.9 Å². The molecule has 0 saturated heterocycles. The van der Waals surface area contributed by atoms with E-state index in [-0.39, 0.29) is 6.29 Å². The summed E-state index contributed by atoms with van der Waals surface area (Å²) in [5.74, 6) is 1.41. The lowest BCUT2D eigenvalue weighted by Gasteiger charge is -2.09. The van der Waals surface area contributed by atoms with Gasteiger partial charge in [0.25, 0.3) is 0 Å². The summed E-state index contributed by atoms with van der Waals surface area (Å²) in [6.45, 7) is 2.81. The normalized spacial score (nSPS) is 17.9. The lowest BCUT2D eigenvalue weighted by molar-refractivity contribution is -0.0447. The fourth-order valence-corrected chi connectivity index (χ4v) is 1.15. The summed E-state index contributed by atoms with van der Waals surface area (Å²) >= 11 is 0. The first-order valence-corrected chi connectivity index (χ1v) is 4.27. The summed E-state index contributed by atoms with van der Waals surface area (Å²) in [7, 11) is 0. The maximum absolute atomic E-state index is 5.44. The highest BCUT2D eigenvalue weighted by atomic mass is 16.7. The predicted molar refractivity (Wildman–Crippen MR) is 46.0 cm³/mol. The van der Waals surface area contributed by atoms with E-state index in [1.807, 2.05) is 0 Å². The second-order valence-corrected chi connectivity index (χ2v) is 2.71. The summed E-state index contributed by atoms with van der Waals surface area (Å²) < 4.78 is 10.8. The van der Waals surface area contributed by atoms with Gasteiger partial charge in [0.05, 0.1) is 13.1 Å². The van der Waals surface area contributed by atoms with E-state index in [1.54, 1.807) is 0 Å². The fourth-order valence-electron chi connectivity index (χ4n) is 1.15. The van der Waals surface area contributed by atoms with Gasteiger partial charge < -0.3 is 20.9 Å². The topological polar surface area (TPSA) is 70.5 Å². The maximum Gasteiger partial charge on any atom is 0.240 e. The molecular formula is C8H16N2O2. The van der Waals surface area contributed by atoms with E-state index in [0.29, 0.717) is 24.6 Å². The van der Waals surface area contributed by atoms with Gasteiger partial charge in [-0.15, -0.1) is 0 Å². The number of nitrogens with two attached hydrogens (primary N) is 2. The van der Waals surface area contributed by atoms with E-state index in [9.17, 15) is 0 Å². The van der Waals surface area contributed by atoms with Crippen LogP contribution in [0.3, 0.4) is 0 Å². The van der Waals surface area contributed by atoms with Crippen LogP contribution in [0.1, 0.15) is 19.8 Å². The Bertz CT molecular complexity index is 164. The highest BCUT2D eigenvalue weighted by molar-refractivity contribution is 5.08. The Morgan fingerprint density at radius 2 is 1.67 bits per heavy atom. The van der Waals surface area contributed by atoms with Crippen LogP contribution in [-0.4, -0.2) is 19.4 Å². The zero-order valence-electron chi connectivity index (χ0n) is 7.38. The van der Waals surface area contributed by atoms with Crippen molar-refractivity contribution in [1.82, 2.24) is 0 Å². The third-order valence-corrected chi connectivity index (χ3v) is 1.75. The van der Waals surface area contributed by atoms with Crippen LogP contribution in [0.25, 0.3) is 0 Å². The molecular weight excluding hydrogens is 156 g/mol.